The summed E-state index contributed by atoms with van der Waals surface area (Å²) < 4.78 is 30.7. The third-order valence-electron chi connectivity index (χ3n) is 3.81. The van der Waals surface area contributed by atoms with E-state index in [1.807, 2.05) is 31.2 Å². The lowest BCUT2D eigenvalue weighted by molar-refractivity contribution is 0.486. The zero-order valence-electron chi connectivity index (χ0n) is 14.4. The van der Waals surface area contributed by atoms with Crippen LogP contribution in [0.2, 0.25) is 0 Å². The molecule has 0 aliphatic carbocycles. The van der Waals surface area contributed by atoms with Crippen molar-refractivity contribution < 1.29 is 12.6 Å². The zero-order chi connectivity index (χ0) is 19.4. The molecule has 138 valence electrons. The fraction of sp³-hybridized carbons (Fsp3) is 0.0526. The standard InChI is InChI=1S/C19H17N3O3S2/c1-13-6-9-15(10-7-13)27(23,24)25-18-11-8-14-4-2-3-5-16(14)17(18)12-21-22-19(20)26/h2-12H,1H3,(H3,20,22,26). The number of nitrogens with one attached hydrogen (secondary N) is 1. The van der Waals surface area contributed by atoms with Gasteiger partial charge in [-0.2, -0.15) is 13.5 Å². The van der Waals surface area contributed by atoms with E-state index in [9.17, 15) is 8.42 Å². The molecule has 0 fully saturated rings. The van der Waals surface area contributed by atoms with Crippen LogP contribution in [0, 0.1) is 6.92 Å². The minimum atomic E-state index is -4.00. The quantitative estimate of drug-likeness (QED) is 0.296. The zero-order valence-corrected chi connectivity index (χ0v) is 16.0. The van der Waals surface area contributed by atoms with Gasteiger partial charge in [-0.3, -0.25) is 5.43 Å². The highest BCUT2D eigenvalue weighted by atomic mass is 32.2. The summed E-state index contributed by atoms with van der Waals surface area (Å²) in [5.74, 6) is 0.155. The van der Waals surface area contributed by atoms with Gasteiger partial charge < -0.3 is 9.92 Å². The van der Waals surface area contributed by atoms with E-state index in [1.54, 1.807) is 24.3 Å². The highest BCUT2D eigenvalue weighted by molar-refractivity contribution is 7.87. The molecule has 3 N–H and O–H groups in total. The van der Waals surface area contributed by atoms with Gasteiger partial charge in [0.25, 0.3) is 0 Å². The molecule has 3 rings (SSSR count). The van der Waals surface area contributed by atoms with Crippen LogP contribution < -0.4 is 15.3 Å². The van der Waals surface area contributed by atoms with Gasteiger partial charge in [-0.15, -0.1) is 0 Å². The van der Waals surface area contributed by atoms with Crippen LogP contribution in [0.3, 0.4) is 0 Å². The van der Waals surface area contributed by atoms with E-state index in [-0.39, 0.29) is 15.8 Å². The average molecular weight is 399 g/mol. The van der Waals surface area contributed by atoms with E-state index >= 15 is 0 Å². The second-order valence-corrected chi connectivity index (χ2v) is 7.77. The molecule has 0 saturated carbocycles. The largest absolute Gasteiger partial charge is 0.378 e. The predicted octanol–water partition coefficient (Wildman–Crippen LogP) is 3.08. The van der Waals surface area contributed by atoms with Crippen LogP contribution in [0.15, 0.2) is 70.7 Å². The summed E-state index contributed by atoms with van der Waals surface area (Å²) in [6, 6.07) is 17.3. The first-order valence-electron chi connectivity index (χ1n) is 7.98. The summed E-state index contributed by atoms with van der Waals surface area (Å²) in [4.78, 5) is 0.0745. The van der Waals surface area contributed by atoms with Gasteiger partial charge in [-0.25, -0.2) is 0 Å². The van der Waals surface area contributed by atoms with Gasteiger partial charge >= 0.3 is 10.1 Å². The molecular formula is C19H17N3O3S2. The van der Waals surface area contributed by atoms with Gasteiger partial charge in [0.05, 0.1) is 6.21 Å². The molecule has 3 aromatic carbocycles. The average Bonchev–Trinajstić information content (AvgIpc) is 2.63. The second-order valence-electron chi connectivity index (χ2n) is 5.78. The van der Waals surface area contributed by atoms with Crippen molar-refractivity contribution in [3.05, 3.63) is 71.8 Å². The Morgan fingerprint density at radius 2 is 1.81 bits per heavy atom. The van der Waals surface area contributed by atoms with Crippen molar-refractivity contribution in [1.82, 2.24) is 5.43 Å². The number of thiocarbonyl (C=S) groups is 1. The number of aryl methyl sites for hydroxylation is 1. The van der Waals surface area contributed by atoms with Crippen LogP contribution in [-0.4, -0.2) is 19.7 Å². The van der Waals surface area contributed by atoms with E-state index in [0.29, 0.717) is 5.56 Å². The monoisotopic (exact) mass is 399 g/mol. The molecule has 0 atom stereocenters. The van der Waals surface area contributed by atoms with Crippen molar-refractivity contribution in [3.63, 3.8) is 0 Å². The van der Waals surface area contributed by atoms with E-state index < -0.39 is 10.1 Å². The lowest BCUT2D eigenvalue weighted by Gasteiger charge is -2.12. The van der Waals surface area contributed by atoms with Crippen molar-refractivity contribution in [3.8, 4) is 5.75 Å². The topological polar surface area (TPSA) is 93.8 Å². The van der Waals surface area contributed by atoms with Gasteiger partial charge in [0, 0.05) is 5.56 Å². The maximum atomic E-state index is 12.7. The van der Waals surface area contributed by atoms with Crippen molar-refractivity contribution >= 4 is 44.4 Å². The summed E-state index contributed by atoms with van der Waals surface area (Å²) >= 11 is 4.73. The number of fused-ring (bicyclic) bond motifs is 1. The van der Waals surface area contributed by atoms with Gasteiger partial charge in [-0.05, 0) is 48.1 Å². The molecule has 0 aromatic heterocycles. The molecule has 0 amide bonds. The molecule has 0 heterocycles. The predicted molar refractivity (Wildman–Crippen MR) is 110 cm³/mol. The Kier molecular flexibility index (Phi) is 5.38. The highest BCUT2D eigenvalue weighted by Crippen LogP contribution is 2.29. The molecule has 0 saturated heterocycles. The van der Waals surface area contributed by atoms with E-state index in [2.05, 4.69) is 10.5 Å². The number of hydrazone groups is 1. The van der Waals surface area contributed by atoms with E-state index in [4.69, 9.17) is 22.1 Å². The normalized spacial score (nSPS) is 11.6. The first-order chi connectivity index (χ1) is 12.9. The van der Waals surface area contributed by atoms with Crippen LogP contribution in [0.4, 0.5) is 0 Å². The van der Waals surface area contributed by atoms with Gasteiger partial charge in [0.2, 0.25) is 0 Å². The molecule has 0 aliphatic heterocycles. The minimum Gasteiger partial charge on any atom is -0.378 e. The SMILES string of the molecule is Cc1ccc(S(=O)(=O)Oc2ccc3ccccc3c2C=NNC(N)=S)cc1. The molecule has 0 bridgehead atoms. The lowest BCUT2D eigenvalue weighted by atomic mass is 10.0. The number of benzene rings is 3. The summed E-state index contributed by atoms with van der Waals surface area (Å²) in [5, 5.41) is 5.64. The van der Waals surface area contributed by atoms with Crippen LogP contribution in [0.5, 0.6) is 5.75 Å². The maximum Gasteiger partial charge on any atom is 0.339 e. The molecule has 6 nitrogen and oxygen atoms in total. The highest BCUT2D eigenvalue weighted by Gasteiger charge is 2.19. The maximum absolute atomic E-state index is 12.7. The fourth-order valence-electron chi connectivity index (χ4n) is 2.51. The Morgan fingerprint density at radius 3 is 2.52 bits per heavy atom. The van der Waals surface area contributed by atoms with Crippen molar-refractivity contribution in [2.45, 2.75) is 11.8 Å². The molecule has 0 unspecified atom stereocenters. The Labute approximate surface area is 162 Å². The van der Waals surface area contributed by atoms with Crippen molar-refractivity contribution in [2.75, 3.05) is 0 Å². The Hall–Kier alpha value is -2.97. The summed E-state index contributed by atoms with van der Waals surface area (Å²) in [6.45, 7) is 1.88. The van der Waals surface area contributed by atoms with Gasteiger partial charge in [0.1, 0.15) is 4.90 Å². The first kappa shape index (κ1) is 18.8. The summed E-state index contributed by atoms with van der Waals surface area (Å²) in [7, 11) is -4.00. The molecule has 3 aromatic rings. The van der Waals surface area contributed by atoms with Crippen molar-refractivity contribution in [2.24, 2.45) is 10.8 Å². The smallest absolute Gasteiger partial charge is 0.339 e. The fourth-order valence-corrected chi connectivity index (χ4v) is 3.51. The first-order valence-corrected chi connectivity index (χ1v) is 9.80. The number of hydrogen-bond acceptors (Lipinski definition) is 5. The van der Waals surface area contributed by atoms with Gasteiger partial charge in [-0.1, -0.05) is 48.0 Å². The molecule has 8 heteroatoms. The van der Waals surface area contributed by atoms with Crippen LogP contribution >= 0.6 is 12.2 Å². The lowest BCUT2D eigenvalue weighted by Crippen LogP contribution is -2.24. The Morgan fingerprint density at radius 1 is 1.11 bits per heavy atom. The molecule has 0 aliphatic rings. The molecular weight excluding hydrogens is 382 g/mol. The van der Waals surface area contributed by atoms with Crippen molar-refractivity contribution in [1.29, 1.82) is 0 Å². The Balaban J connectivity index is 2.06. The number of nitrogens with two attached hydrogens (primary N) is 1. The number of rotatable bonds is 5. The number of nitrogens with zero attached hydrogens (tertiary/aromatic N) is 1. The van der Waals surface area contributed by atoms with E-state index in [1.165, 1.54) is 18.3 Å². The molecule has 0 radical (unpaired) electrons. The third kappa shape index (κ3) is 4.42. The second kappa shape index (κ2) is 7.73. The Bertz CT molecular complexity index is 1120. The third-order valence-corrected chi connectivity index (χ3v) is 5.15. The minimum absolute atomic E-state index is 0.00114. The van der Waals surface area contributed by atoms with Gasteiger partial charge in [0.15, 0.2) is 10.9 Å². The van der Waals surface area contributed by atoms with Crippen LogP contribution in [0.25, 0.3) is 10.8 Å². The van der Waals surface area contributed by atoms with E-state index in [0.717, 1.165) is 16.3 Å². The summed E-state index contributed by atoms with van der Waals surface area (Å²) in [5.41, 5.74) is 9.29. The van der Waals surface area contributed by atoms with Crippen LogP contribution in [-0.2, 0) is 10.1 Å². The summed E-state index contributed by atoms with van der Waals surface area (Å²) in [6.07, 6.45) is 1.43. The van der Waals surface area contributed by atoms with Crippen LogP contribution in [0.1, 0.15) is 11.1 Å². The molecule has 27 heavy (non-hydrogen) atoms. The number of hydrogen-bond donors (Lipinski definition) is 2. The molecule has 0 spiro atoms.